The molecule has 170 valence electrons. The number of methoxy groups -OCH3 is 1. The number of hydrogen-bond donors (Lipinski definition) is 2. The van der Waals surface area contributed by atoms with Crippen LogP contribution in [0.4, 0.5) is 13.2 Å². The number of aryl methyl sites for hydroxylation is 1. The second kappa shape index (κ2) is 9.55. The molecule has 1 aromatic heterocycles. The number of aromatic amines is 1. The van der Waals surface area contributed by atoms with Gasteiger partial charge in [-0.1, -0.05) is 32.0 Å². The van der Waals surface area contributed by atoms with E-state index in [2.05, 4.69) is 10.3 Å². The molecule has 1 amide bonds. The SMILES string of the molecule is COCCOC(=O)c1c(C)[nH]c(C(=O)NCC(C)(C)c2cccc(C(F)(F)F)c2)c1C. The smallest absolute Gasteiger partial charge is 0.416 e. The molecule has 0 radical (unpaired) electrons. The van der Waals surface area contributed by atoms with Crippen molar-refractivity contribution in [2.45, 2.75) is 39.3 Å². The predicted octanol–water partition coefficient (Wildman–Crippen LogP) is 4.16. The molecular formula is C22H27F3N2O4. The van der Waals surface area contributed by atoms with E-state index in [0.717, 1.165) is 12.1 Å². The van der Waals surface area contributed by atoms with Crippen LogP contribution in [0.2, 0.25) is 0 Å². The topological polar surface area (TPSA) is 80.4 Å². The van der Waals surface area contributed by atoms with Crippen LogP contribution in [0.25, 0.3) is 0 Å². The first kappa shape index (κ1) is 24.5. The largest absolute Gasteiger partial charge is 0.460 e. The fourth-order valence-corrected chi connectivity index (χ4v) is 3.18. The van der Waals surface area contributed by atoms with E-state index in [0.29, 0.717) is 16.8 Å². The molecule has 0 aliphatic heterocycles. The average Bonchev–Trinajstić information content (AvgIpc) is 3.00. The van der Waals surface area contributed by atoms with Gasteiger partial charge in [0.15, 0.2) is 0 Å². The minimum Gasteiger partial charge on any atom is -0.460 e. The molecule has 0 aliphatic rings. The highest BCUT2D eigenvalue weighted by Crippen LogP contribution is 2.32. The fraction of sp³-hybridized carbons (Fsp3) is 0.455. The van der Waals surface area contributed by atoms with Crippen LogP contribution in [0.3, 0.4) is 0 Å². The Bertz CT molecular complexity index is 949. The van der Waals surface area contributed by atoms with E-state index >= 15 is 0 Å². The summed E-state index contributed by atoms with van der Waals surface area (Å²) in [5, 5.41) is 2.74. The standard InChI is InChI=1S/C22H27F3N2O4/c1-13-17(20(29)31-10-9-30-5)14(2)27-18(13)19(28)26-12-21(3,4)15-7-6-8-16(11-15)22(23,24)25/h6-8,11,27H,9-10,12H2,1-5H3,(H,26,28). The third-order valence-electron chi connectivity index (χ3n) is 5.05. The van der Waals surface area contributed by atoms with Gasteiger partial charge in [0.1, 0.15) is 12.3 Å². The number of halogens is 3. The number of hydrogen-bond acceptors (Lipinski definition) is 4. The Morgan fingerprint density at radius 3 is 2.35 bits per heavy atom. The van der Waals surface area contributed by atoms with Crippen LogP contribution >= 0.6 is 0 Å². The van der Waals surface area contributed by atoms with E-state index in [1.54, 1.807) is 33.8 Å². The van der Waals surface area contributed by atoms with Gasteiger partial charge >= 0.3 is 12.1 Å². The lowest BCUT2D eigenvalue weighted by Crippen LogP contribution is -2.37. The lowest BCUT2D eigenvalue weighted by Gasteiger charge is -2.26. The monoisotopic (exact) mass is 440 g/mol. The lowest BCUT2D eigenvalue weighted by molar-refractivity contribution is -0.137. The summed E-state index contributed by atoms with van der Waals surface area (Å²) in [6, 6.07) is 5.04. The molecule has 0 aliphatic carbocycles. The third kappa shape index (κ3) is 5.88. The average molecular weight is 440 g/mol. The van der Waals surface area contributed by atoms with E-state index in [1.807, 2.05) is 0 Å². The molecule has 0 unspecified atom stereocenters. The Morgan fingerprint density at radius 2 is 1.74 bits per heavy atom. The highest BCUT2D eigenvalue weighted by molar-refractivity contribution is 6.00. The zero-order chi connectivity index (χ0) is 23.4. The molecule has 1 heterocycles. The van der Waals surface area contributed by atoms with Crippen molar-refractivity contribution in [3.05, 3.63) is 57.9 Å². The first-order valence-corrected chi connectivity index (χ1v) is 9.69. The van der Waals surface area contributed by atoms with Gasteiger partial charge in [0.2, 0.25) is 0 Å². The van der Waals surface area contributed by atoms with Crippen LogP contribution in [-0.4, -0.2) is 43.7 Å². The van der Waals surface area contributed by atoms with Crippen LogP contribution in [-0.2, 0) is 21.1 Å². The van der Waals surface area contributed by atoms with Crippen molar-refractivity contribution in [2.24, 2.45) is 0 Å². The molecule has 1 aromatic carbocycles. The van der Waals surface area contributed by atoms with Crippen molar-refractivity contribution < 1.29 is 32.2 Å². The lowest BCUT2D eigenvalue weighted by atomic mass is 9.83. The van der Waals surface area contributed by atoms with Gasteiger partial charge in [0.25, 0.3) is 5.91 Å². The van der Waals surface area contributed by atoms with Crippen LogP contribution in [0.1, 0.15) is 57.1 Å². The van der Waals surface area contributed by atoms with Gasteiger partial charge in [-0.25, -0.2) is 4.79 Å². The second-order valence-electron chi connectivity index (χ2n) is 7.90. The van der Waals surface area contributed by atoms with Gasteiger partial charge < -0.3 is 19.8 Å². The van der Waals surface area contributed by atoms with Crippen LogP contribution in [0, 0.1) is 13.8 Å². The number of amides is 1. The van der Waals surface area contributed by atoms with Crippen molar-refractivity contribution in [3.8, 4) is 0 Å². The van der Waals surface area contributed by atoms with E-state index in [1.165, 1.54) is 13.2 Å². The number of ether oxygens (including phenoxy) is 2. The number of aromatic nitrogens is 1. The summed E-state index contributed by atoms with van der Waals surface area (Å²) in [5.41, 5.74) is 0.362. The van der Waals surface area contributed by atoms with Gasteiger partial charge in [-0.15, -0.1) is 0 Å². The molecular weight excluding hydrogens is 413 g/mol. The van der Waals surface area contributed by atoms with Gasteiger partial charge in [0, 0.05) is 24.8 Å². The summed E-state index contributed by atoms with van der Waals surface area (Å²) < 4.78 is 49.0. The highest BCUT2D eigenvalue weighted by atomic mass is 19.4. The maximum absolute atomic E-state index is 13.0. The summed E-state index contributed by atoms with van der Waals surface area (Å²) >= 11 is 0. The van der Waals surface area contributed by atoms with E-state index in [4.69, 9.17) is 9.47 Å². The molecule has 31 heavy (non-hydrogen) atoms. The Hall–Kier alpha value is -2.81. The van der Waals surface area contributed by atoms with Crippen molar-refractivity contribution in [1.29, 1.82) is 0 Å². The Kier molecular flexibility index (Phi) is 7.54. The van der Waals surface area contributed by atoms with Gasteiger partial charge in [0.05, 0.1) is 17.7 Å². The molecule has 0 bridgehead atoms. The molecule has 0 fully saturated rings. The zero-order valence-electron chi connectivity index (χ0n) is 18.2. The molecule has 2 aromatic rings. The normalized spacial score (nSPS) is 12.0. The van der Waals surface area contributed by atoms with Gasteiger partial charge in [-0.05, 0) is 31.0 Å². The Morgan fingerprint density at radius 1 is 1.10 bits per heavy atom. The fourth-order valence-electron chi connectivity index (χ4n) is 3.18. The van der Waals surface area contributed by atoms with Crippen molar-refractivity contribution >= 4 is 11.9 Å². The van der Waals surface area contributed by atoms with Gasteiger partial charge in [-0.2, -0.15) is 13.2 Å². The number of carbonyl (C=O) groups excluding carboxylic acids is 2. The van der Waals surface area contributed by atoms with Crippen molar-refractivity contribution in [1.82, 2.24) is 10.3 Å². The summed E-state index contributed by atoms with van der Waals surface area (Å²) in [7, 11) is 1.49. The second-order valence-corrected chi connectivity index (χ2v) is 7.90. The molecule has 2 rings (SSSR count). The van der Waals surface area contributed by atoms with Crippen LogP contribution in [0.15, 0.2) is 24.3 Å². The molecule has 9 heteroatoms. The summed E-state index contributed by atoms with van der Waals surface area (Å²) in [4.78, 5) is 27.9. The van der Waals surface area contributed by atoms with Crippen molar-refractivity contribution in [3.63, 3.8) is 0 Å². The molecule has 2 N–H and O–H groups in total. The number of nitrogens with one attached hydrogen (secondary N) is 2. The maximum Gasteiger partial charge on any atom is 0.416 e. The van der Waals surface area contributed by atoms with E-state index < -0.39 is 29.0 Å². The number of alkyl halides is 3. The minimum atomic E-state index is -4.44. The number of esters is 1. The zero-order valence-corrected chi connectivity index (χ0v) is 18.2. The molecule has 0 atom stereocenters. The number of carbonyl (C=O) groups is 2. The third-order valence-corrected chi connectivity index (χ3v) is 5.05. The first-order chi connectivity index (χ1) is 14.4. The molecule has 6 nitrogen and oxygen atoms in total. The van der Waals surface area contributed by atoms with E-state index in [-0.39, 0.29) is 31.0 Å². The molecule has 0 saturated heterocycles. The number of rotatable bonds is 8. The summed E-state index contributed by atoms with van der Waals surface area (Å²) in [6.45, 7) is 7.21. The molecule has 0 spiro atoms. The van der Waals surface area contributed by atoms with Crippen LogP contribution < -0.4 is 5.32 Å². The summed E-state index contributed by atoms with van der Waals surface area (Å²) in [5.74, 6) is -1.02. The van der Waals surface area contributed by atoms with Gasteiger partial charge in [-0.3, -0.25) is 4.79 Å². The quantitative estimate of drug-likeness (QED) is 0.477. The number of H-pyrrole nitrogens is 1. The number of benzene rings is 1. The first-order valence-electron chi connectivity index (χ1n) is 9.69. The van der Waals surface area contributed by atoms with Crippen LogP contribution in [0.5, 0.6) is 0 Å². The van der Waals surface area contributed by atoms with Crippen molar-refractivity contribution in [2.75, 3.05) is 26.9 Å². The Balaban J connectivity index is 2.14. The maximum atomic E-state index is 13.0. The highest BCUT2D eigenvalue weighted by Gasteiger charge is 2.32. The summed E-state index contributed by atoms with van der Waals surface area (Å²) in [6.07, 6.45) is -4.44. The minimum absolute atomic E-state index is 0.0894. The Labute approximate surface area is 179 Å². The predicted molar refractivity (Wildman–Crippen MR) is 109 cm³/mol. The van der Waals surface area contributed by atoms with E-state index in [9.17, 15) is 22.8 Å². The molecule has 0 saturated carbocycles.